The Labute approximate surface area is 328 Å². The molecule has 4 aromatic rings. The number of carbonyl (C=O) groups excluding carboxylic acids is 4. The van der Waals surface area contributed by atoms with Gasteiger partial charge in [0.1, 0.15) is 24.3 Å². The molecule has 0 saturated carbocycles. The summed E-state index contributed by atoms with van der Waals surface area (Å²) in [6.45, 7) is 7.14. The van der Waals surface area contributed by atoms with Gasteiger partial charge in [-0.05, 0) is 72.2 Å². The van der Waals surface area contributed by atoms with Crippen LogP contribution < -0.4 is 21.3 Å². The summed E-state index contributed by atoms with van der Waals surface area (Å²) in [5.74, 6) is -2.81. The molecule has 12 nitrogen and oxygen atoms in total. The molecule has 0 aliphatic rings. The van der Waals surface area contributed by atoms with Crippen molar-refractivity contribution in [2.45, 2.75) is 76.9 Å². The first-order valence-corrected chi connectivity index (χ1v) is 18.7. The molecule has 2 aromatic heterocycles. The van der Waals surface area contributed by atoms with Crippen molar-refractivity contribution in [3.05, 3.63) is 144 Å². The van der Waals surface area contributed by atoms with Crippen LogP contribution in [-0.2, 0) is 32.0 Å². The van der Waals surface area contributed by atoms with Gasteiger partial charge in [-0.3, -0.25) is 29.1 Å². The van der Waals surface area contributed by atoms with E-state index in [9.17, 15) is 29.4 Å². The molecule has 0 bridgehead atoms. The predicted octanol–water partition coefficient (Wildman–Crippen LogP) is 3.66. The summed E-state index contributed by atoms with van der Waals surface area (Å²) in [4.78, 5) is 62.0. The Morgan fingerprint density at radius 2 is 0.893 bits per heavy atom. The highest BCUT2D eigenvalue weighted by molar-refractivity contribution is 5.96. The van der Waals surface area contributed by atoms with Gasteiger partial charge in [0.05, 0.1) is 23.5 Å². The number of amides is 4. The number of hydrogen-bond donors (Lipinski definition) is 6. The number of carbonyl (C=O) groups is 4. The van der Waals surface area contributed by atoms with Gasteiger partial charge < -0.3 is 31.5 Å². The largest absolute Gasteiger partial charge is 0.388 e. The number of nitrogens with zero attached hydrogens (tertiary/aromatic N) is 2. The van der Waals surface area contributed by atoms with Crippen LogP contribution in [0.25, 0.3) is 12.2 Å². The van der Waals surface area contributed by atoms with E-state index in [1.807, 2.05) is 60.7 Å². The average molecular weight is 761 g/mol. The lowest BCUT2D eigenvalue weighted by Crippen LogP contribution is -2.61. The number of aromatic nitrogens is 2. The van der Waals surface area contributed by atoms with Crippen molar-refractivity contribution in [1.82, 2.24) is 31.2 Å². The van der Waals surface area contributed by atoms with E-state index in [2.05, 4.69) is 31.2 Å². The zero-order chi connectivity index (χ0) is 40.5. The monoisotopic (exact) mass is 760 g/mol. The second-order valence-corrected chi connectivity index (χ2v) is 14.2. The van der Waals surface area contributed by atoms with Crippen molar-refractivity contribution >= 4 is 35.8 Å². The van der Waals surface area contributed by atoms with Gasteiger partial charge in [-0.1, -0.05) is 100 Å². The molecule has 6 atom stereocenters. The summed E-state index contributed by atoms with van der Waals surface area (Å²) >= 11 is 0. The minimum atomic E-state index is -1.59. The maximum atomic E-state index is 13.9. The van der Waals surface area contributed by atoms with Crippen LogP contribution >= 0.6 is 0 Å². The Hall–Kier alpha value is -5.98. The predicted molar refractivity (Wildman–Crippen MR) is 216 cm³/mol. The number of aliphatic hydroxyl groups is 2. The topological polar surface area (TPSA) is 183 Å². The van der Waals surface area contributed by atoms with Crippen molar-refractivity contribution in [1.29, 1.82) is 0 Å². The van der Waals surface area contributed by atoms with Crippen LogP contribution in [-0.4, -0.2) is 80.2 Å². The van der Waals surface area contributed by atoms with Crippen molar-refractivity contribution in [3.8, 4) is 0 Å². The third kappa shape index (κ3) is 13.7. The first-order chi connectivity index (χ1) is 26.9. The number of nitrogens with one attached hydrogen (secondary N) is 4. The molecule has 0 saturated heterocycles. The summed E-state index contributed by atoms with van der Waals surface area (Å²) in [6, 6.07) is 24.9. The van der Waals surface area contributed by atoms with Crippen LogP contribution in [0.2, 0.25) is 0 Å². The number of benzene rings is 2. The van der Waals surface area contributed by atoms with Gasteiger partial charge in [0.15, 0.2) is 0 Å². The molecule has 0 aliphatic carbocycles. The number of hydrogen-bond acceptors (Lipinski definition) is 8. The Morgan fingerprint density at radius 3 is 1.21 bits per heavy atom. The molecule has 0 aliphatic heterocycles. The van der Waals surface area contributed by atoms with Gasteiger partial charge in [-0.25, -0.2) is 0 Å². The van der Waals surface area contributed by atoms with Gasteiger partial charge in [0.2, 0.25) is 23.6 Å². The molecule has 2 unspecified atom stereocenters. The van der Waals surface area contributed by atoms with Crippen molar-refractivity contribution in [2.24, 2.45) is 11.8 Å². The number of pyridine rings is 2. The lowest BCUT2D eigenvalue weighted by Gasteiger charge is -2.35. The number of aliphatic hydroxyl groups excluding tert-OH is 2. The molecule has 4 amide bonds. The van der Waals surface area contributed by atoms with Gasteiger partial charge in [0, 0.05) is 24.5 Å². The third-order valence-corrected chi connectivity index (χ3v) is 9.11. The molecule has 2 aromatic carbocycles. The Balaban J connectivity index is 1.56. The molecule has 4 rings (SSSR count). The first-order valence-electron chi connectivity index (χ1n) is 18.7. The molecule has 0 radical (unpaired) electrons. The maximum absolute atomic E-state index is 13.9. The lowest BCUT2D eigenvalue weighted by molar-refractivity contribution is -0.131. The van der Waals surface area contributed by atoms with E-state index in [1.165, 1.54) is 24.3 Å². The van der Waals surface area contributed by atoms with Crippen LogP contribution in [0.1, 0.15) is 50.2 Å². The van der Waals surface area contributed by atoms with Crippen LogP contribution in [0.4, 0.5) is 0 Å². The highest BCUT2D eigenvalue weighted by atomic mass is 16.3. The quantitative estimate of drug-likeness (QED) is 0.0784. The van der Waals surface area contributed by atoms with Gasteiger partial charge in [-0.15, -0.1) is 0 Å². The second-order valence-electron chi connectivity index (χ2n) is 14.2. The van der Waals surface area contributed by atoms with Gasteiger partial charge in [-0.2, -0.15) is 0 Å². The first kappa shape index (κ1) is 42.8. The average Bonchev–Trinajstić information content (AvgIpc) is 3.20. The zero-order valence-electron chi connectivity index (χ0n) is 32.2. The molecular weight excluding hydrogens is 709 g/mol. The highest BCUT2D eigenvalue weighted by Crippen LogP contribution is 2.17. The minimum Gasteiger partial charge on any atom is -0.388 e. The van der Waals surface area contributed by atoms with E-state index in [-0.39, 0.29) is 24.7 Å². The summed E-state index contributed by atoms with van der Waals surface area (Å²) in [5, 5.41) is 35.1. The highest BCUT2D eigenvalue weighted by Gasteiger charge is 2.37. The zero-order valence-corrected chi connectivity index (χ0v) is 32.2. The van der Waals surface area contributed by atoms with Crippen molar-refractivity contribution in [2.75, 3.05) is 0 Å². The fraction of sp³-hybridized carbons (Fsp3) is 0.318. The fourth-order valence-electron chi connectivity index (χ4n) is 6.02. The molecule has 0 spiro atoms. The van der Waals surface area contributed by atoms with E-state index < -0.39 is 60.0 Å². The van der Waals surface area contributed by atoms with Crippen molar-refractivity contribution in [3.63, 3.8) is 0 Å². The Bertz CT molecular complexity index is 1750. The minimum absolute atomic E-state index is 0.127. The summed E-state index contributed by atoms with van der Waals surface area (Å²) in [6.07, 6.45) is 5.96. The van der Waals surface area contributed by atoms with E-state index in [0.717, 1.165) is 11.1 Å². The molecule has 12 heteroatoms. The molecule has 6 N–H and O–H groups in total. The van der Waals surface area contributed by atoms with E-state index in [1.54, 1.807) is 76.5 Å². The molecule has 2 heterocycles. The second kappa shape index (κ2) is 21.8. The molecule has 56 heavy (non-hydrogen) atoms. The Morgan fingerprint density at radius 1 is 0.536 bits per heavy atom. The summed E-state index contributed by atoms with van der Waals surface area (Å²) in [7, 11) is 0. The standard InChI is InChI=1S/C44H52N6O6/c1-29(2)39(49-37(51)23-21-33-19-11-13-25-45-33)43(55)47-35(27-31-15-7-5-8-16-31)41(53)42(54)36(28-32-17-9-6-10-18-32)48-44(56)40(30(3)4)50-38(52)24-22-34-20-12-14-26-46-34/h5-26,29-30,35-36,39-42,53-54H,27-28H2,1-4H3,(H,47,55)(H,48,56)(H,49,51)(H,50,52)/b23-21+,24-22+/t35-,36-,39?,40?,41+,42+/m0/s1. The molecule has 0 fully saturated rings. The third-order valence-electron chi connectivity index (χ3n) is 9.11. The van der Waals surface area contributed by atoms with Crippen LogP contribution in [0, 0.1) is 11.8 Å². The summed E-state index contributed by atoms with van der Waals surface area (Å²) < 4.78 is 0. The fourth-order valence-corrected chi connectivity index (χ4v) is 6.02. The normalized spacial score (nSPS) is 14.8. The smallest absolute Gasteiger partial charge is 0.244 e. The van der Waals surface area contributed by atoms with Gasteiger partial charge in [0.25, 0.3) is 0 Å². The van der Waals surface area contributed by atoms with E-state index in [4.69, 9.17) is 0 Å². The van der Waals surface area contributed by atoms with E-state index in [0.29, 0.717) is 11.4 Å². The SMILES string of the molecule is CC(C)C(NC(=O)/C=C/c1ccccn1)C(=O)N[C@@H](Cc1ccccc1)[C@@H](O)[C@H](O)[C@H](Cc1ccccc1)NC(=O)C(NC(=O)/C=C/c1ccccn1)C(C)C. The van der Waals surface area contributed by atoms with Crippen LogP contribution in [0.3, 0.4) is 0 Å². The van der Waals surface area contributed by atoms with Gasteiger partial charge >= 0.3 is 0 Å². The van der Waals surface area contributed by atoms with Crippen LogP contribution in [0.5, 0.6) is 0 Å². The maximum Gasteiger partial charge on any atom is 0.244 e. The summed E-state index contributed by atoms with van der Waals surface area (Å²) in [5.41, 5.74) is 2.70. The van der Waals surface area contributed by atoms with Crippen LogP contribution in [0.15, 0.2) is 122 Å². The van der Waals surface area contributed by atoms with E-state index >= 15 is 0 Å². The lowest BCUT2D eigenvalue weighted by atomic mass is 9.90. The number of rotatable bonds is 19. The Kier molecular flexibility index (Phi) is 16.6. The van der Waals surface area contributed by atoms with Crippen molar-refractivity contribution < 1.29 is 29.4 Å². The molecule has 294 valence electrons. The molecular formula is C44H52N6O6.